The number of aryl methyl sites for hydroxylation is 1. The van der Waals surface area contributed by atoms with E-state index in [1.54, 1.807) is 6.21 Å². The van der Waals surface area contributed by atoms with Crippen LogP contribution in [-0.4, -0.2) is 16.0 Å². The van der Waals surface area contributed by atoms with Crippen LogP contribution in [0.5, 0.6) is 11.6 Å². The molecule has 3 aromatic carbocycles. The third-order valence-corrected chi connectivity index (χ3v) is 5.36. The second kappa shape index (κ2) is 7.22. The van der Waals surface area contributed by atoms with Gasteiger partial charge in [0.1, 0.15) is 5.75 Å². The summed E-state index contributed by atoms with van der Waals surface area (Å²) in [5.74, 6) is 2.24. The molecule has 0 fully saturated rings. The third-order valence-electron chi connectivity index (χ3n) is 5.01. The summed E-state index contributed by atoms with van der Waals surface area (Å²) in [7, 11) is 0. The van der Waals surface area contributed by atoms with Crippen molar-refractivity contribution in [1.82, 2.24) is 9.78 Å². The molecule has 29 heavy (non-hydrogen) atoms. The van der Waals surface area contributed by atoms with Crippen molar-refractivity contribution in [3.63, 3.8) is 0 Å². The molecule has 0 N–H and O–H groups in total. The molecule has 142 valence electrons. The molecule has 1 aromatic heterocycles. The lowest BCUT2D eigenvalue weighted by molar-refractivity contribution is 0.435. The Morgan fingerprint density at radius 2 is 1.79 bits per heavy atom. The molecular weight excluding hydrogens is 382 g/mol. The molecule has 1 aliphatic heterocycles. The maximum Gasteiger partial charge on any atom is 0.244 e. The number of benzene rings is 3. The van der Waals surface area contributed by atoms with Crippen molar-refractivity contribution >= 4 is 23.6 Å². The van der Waals surface area contributed by atoms with Crippen LogP contribution >= 0.6 is 11.6 Å². The Bertz CT molecular complexity index is 1230. The van der Waals surface area contributed by atoms with E-state index in [1.807, 2.05) is 59.3 Å². The van der Waals surface area contributed by atoms with Crippen molar-refractivity contribution in [2.24, 2.45) is 4.99 Å². The zero-order chi connectivity index (χ0) is 19.8. The number of halogens is 1. The fourth-order valence-electron chi connectivity index (χ4n) is 3.54. The van der Waals surface area contributed by atoms with E-state index in [0.29, 0.717) is 17.3 Å². The van der Waals surface area contributed by atoms with E-state index in [4.69, 9.17) is 26.4 Å². The highest BCUT2D eigenvalue weighted by Gasteiger charge is 2.27. The molecule has 1 aliphatic rings. The summed E-state index contributed by atoms with van der Waals surface area (Å²) in [5, 5.41) is 5.40. The fraction of sp³-hybridized carbons (Fsp3) is 0.0833. The molecular formula is C24H18ClN3O. The van der Waals surface area contributed by atoms with Crippen molar-refractivity contribution in [1.29, 1.82) is 0 Å². The van der Waals surface area contributed by atoms with E-state index in [0.717, 1.165) is 39.5 Å². The highest BCUT2D eigenvalue weighted by atomic mass is 35.5. The minimum atomic E-state index is 0.599. The van der Waals surface area contributed by atoms with Crippen LogP contribution in [0.1, 0.15) is 22.3 Å². The van der Waals surface area contributed by atoms with Crippen LogP contribution in [0.2, 0.25) is 5.02 Å². The number of aliphatic imine (C=N–C) groups is 1. The number of hydrogen-bond donors (Lipinski definition) is 0. The number of nitrogens with zero attached hydrogens (tertiary/aromatic N) is 3. The van der Waals surface area contributed by atoms with Crippen molar-refractivity contribution < 1.29 is 4.74 Å². The van der Waals surface area contributed by atoms with E-state index in [1.165, 1.54) is 0 Å². The maximum absolute atomic E-state index is 6.31. The van der Waals surface area contributed by atoms with E-state index >= 15 is 0 Å². The first-order chi connectivity index (χ1) is 14.2. The lowest BCUT2D eigenvalue weighted by Gasteiger charge is -2.17. The number of hydrogen-bond acceptors (Lipinski definition) is 3. The van der Waals surface area contributed by atoms with Crippen LogP contribution in [0, 0.1) is 6.92 Å². The van der Waals surface area contributed by atoms with E-state index in [-0.39, 0.29) is 0 Å². The normalized spacial score (nSPS) is 12.5. The molecule has 5 heteroatoms. The van der Waals surface area contributed by atoms with Gasteiger partial charge in [-0.3, -0.25) is 0 Å². The smallest absolute Gasteiger partial charge is 0.244 e. The Morgan fingerprint density at radius 3 is 2.62 bits per heavy atom. The van der Waals surface area contributed by atoms with Crippen LogP contribution in [-0.2, 0) is 6.42 Å². The van der Waals surface area contributed by atoms with Gasteiger partial charge in [-0.25, -0.2) is 9.67 Å². The lowest BCUT2D eigenvalue weighted by Crippen LogP contribution is -2.03. The van der Waals surface area contributed by atoms with Gasteiger partial charge in [0, 0.05) is 23.2 Å². The van der Waals surface area contributed by atoms with E-state index in [9.17, 15) is 0 Å². The molecule has 2 heterocycles. The first-order valence-corrected chi connectivity index (χ1v) is 9.81. The van der Waals surface area contributed by atoms with Gasteiger partial charge in [-0.15, -0.1) is 5.10 Å². The van der Waals surface area contributed by atoms with Crippen molar-refractivity contribution in [2.45, 2.75) is 13.3 Å². The van der Waals surface area contributed by atoms with Crippen molar-refractivity contribution in [2.75, 3.05) is 0 Å². The average Bonchev–Trinajstić information content (AvgIpc) is 3.10. The predicted octanol–water partition coefficient (Wildman–Crippen LogP) is 6.28. The Morgan fingerprint density at radius 1 is 1.00 bits per heavy atom. The molecule has 0 unspecified atom stereocenters. The summed E-state index contributed by atoms with van der Waals surface area (Å²) in [5.41, 5.74) is 4.99. The zero-order valence-electron chi connectivity index (χ0n) is 15.8. The number of para-hydroxylation sites is 2. The molecule has 0 saturated heterocycles. The second-order valence-corrected chi connectivity index (χ2v) is 7.38. The monoisotopic (exact) mass is 399 g/mol. The predicted molar refractivity (Wildman–Crippen MR) is 116 cm³/mol. The molecule has 0 saturated carbocycles. The Balaban J connectivity index is 1.65. The summed E-state index contributed by atoms with van der Waals surface area (Å²) in [6.07, 6.45) is 2.50. The summed E-state index contributed by atoms with van der Waals surface area (Å²) >= 11 is 6.31. The largest absolute Gasteiger partial charge is 0.437 e. The summed E-state index contributed by atoms with van der Waals surface area (Å²) in [6.45, 7) is 2.05. The maximum atomic E-state index is 6.31. The Labute approximate surface area is 174 Å². The van der Waals surface area contributed by atoms with Crippen molar-refractivity contribution in [3.05, 3.63) is 100 Å². The fourth-order valence-corrected chi connectivity index (χ4v) is 3.72. The second-order valence-electron chi connectivity index (χ2n) is 6.98. The lowest BCUT2D eigenvalue weighted by atomic mass is 10.0. The van der Waals surface area contributed by atoms with Gasteiger partial charge in [0.15, 0.2) is 5.82 Å². The minimum Gasteiger partial charge on any atom is -0.437 e. The molecule has 4 aromatic rings. The molecule has 0 spiro atoms. The van der Waals surface area contributed by atoms with Gasteiger partial charge in [-0.2, -0.15) is 0 Å². The van der Waals surface area contributed by atoms with Crippen LogP contribution in [0.3, 0.4) is 0 Å². The molecule has 0 aliphatic carbocycles. The molecule has 5 rings (SSSR count). The quantitative estimate of drug-likeness (QED) is 0.335. The van der Waals surface area contributed by atoms with Crippen LogP contribution in [0.15, 0.2) is 77.8 Å². The standard InChI is InChI=1S/C24H18ClN3O/c1-16-8-7-10-17-14-20-23(26-15-18-9-5-6-13-21(18)25)28(19-11-3-2-4-12-19)27-24(20)29-22(16)17/h2-13,15H,14H2,1H3. The van der Waals surface area contributed by atoms with Gasteiger partial charge in [0.05, 0.1) is 11.3 Å². The average molecular weight is 400 g/mol. The third kappa shape index (κ3) is 3.22. The highest BCUT2D eigenvalue weighted by Crippen LogP contribution is 2.42. The topological polar surface area (TPSA) is 39.4 Å². The highest BCUT2D eigenvalue weighted by molar-refractivity contribution is 6.33. The van der Waals surface area contributed by atoms with Gasteiger partial charge in [-0.1, -0.05) is 66.2 Å². The van der Waals surface area contributed by atoms with Crippen molar-refractivity contribution in [3.8, 4) is 17.3 Å². The van der Waals surface area contributed by atoms with Gasteiger partial charge >= 0.3 is 0 Å². The number of aromatic nitrogens is 2. The first-order valence-electron chi connectivity index (χ1n) is 9.43. The number of rotatable bonds is 3. The van der Waals surface area contributed by atoms with Gasteiger partial charge in [-0.05, 0) is 36.2 Å². The van der Waals surface area contributed by atoms with Gasteiger partial charge in [0.25, 0.3) is 0 Å². The molecule has 0 bridgehead atoms. The Kier molecular flexibility index (Phi) is 4.41. The summed E-state index contributed by atoms with van der Waals surface area (Å²) < 4.78 is 8.03. The van der Waals surface area contributed by atoms with E-state index in [2.05, 4.69) is 25.1 Å². The minimum absolute atomic E-state index is 0.599. The van der Waals surface area contributed by atoms with Crippen LogP contribution < -0.4 is 4.74 Å². The van der Waals surface area contributed by atoms with Gasteiger partial charge < -0.3 is 4.74 Å². The number of fused-ring (bicyclic) bond motifs is 2. The summed E-state index contributed by atoms with van der Waals surface area (Å²) in [4.78, 5) is 4.79. The van der Waals surface area contributed by atoms with E-state index < -0.39 is 0 Å². The molecule has 4 nitrogen and oxygen atoms in total. The Hall–Kier alpha value is -3.37. The zero-order valence-corrected chi connectivity index (χ0v) is 16.6. The molecule has 0 atom stereocenters. The van der Waals surface area contributed by atoms with Crippen LogP contribution in [0.25, 0.3) is 5.69 Å². The molecule has 0 radical (unpaired) electrons. The number of ether oxygens (including phenoxy) is 1. The first kappa shape index (κ1) is 17.7. The van der Waals surface area contributed by atoms with Gasteiger partial charge in [0.2, 0.25) is 5.88 Å². The molecule has 0 amide bonds. The SMILES string of the molecule is Cc1cccc2c1Oc1nn(-c3ccccc3)c(N=Cc3ccccc3Cl)c1C2. The summed E-state index contributed by atoms with van der Waals surface area (Å²) in [6, 6.07) is 23.8. The van der Waals surface area contributed by atoms with Crippen LogP contribution in [0.4, 0.5) is 5.82 Å².